The van der Waals surface area contributed by atoms with E-state index in [4.69, 9.17) is 18.0 Å². The second-order valence-corrected chi connectivity index (χ2v) is 7.88. The summed E-state index contributed by atoms with van der Waals surface area (Å²) in [6.07, 6.45) is 0.973. The molecule has 1 aliphatic carbocycles. The largest absolute Gasteiger partial charge is 0.393 e. The fourth-order valence-corrected chi connectivity index (χ4v) is 4.84. The van der Waals surface area contributed by atoms with Gasteiger partial charge in [-0.25, -0.2) is 8.42 Å². The number of nitrogens with two attached hydrogens (primary N) is 1. The van der Waals surface area contributed by atoms with Crippen molar-refractivity contribution in [1.29, 1.82) is 0 Å². The quantitative estimate of drug-likeness (QED) is 0.845. The van der Waals surface area contributed by atoms with E-state index in [-0.39, 0.29) is 17.6 Å². The van der Waals surface area contributed by atoms with Crippen LogP contribution in [0.1, 0.15) is 30.9 Å². The Balaban J connectivity index is 2.30. The summed E-state index contributed by atoms with van der Waals surface area (Å²) in [6, 6.07) is 8.08. The second-order valence-electron chi connectivity index (χ2n) is 4.97. The molecule has 0 spiro atoms. The Hall–Kier alpha value is -0.940. The zero-order valence-corrected chi connectivity index (χ0v) is 12.8. The normalized spacial score (nSPS) is 26.1. The van der Waals surface area contributed by atoms with Crippen LogP contribution in [0.5, 0.6) is 0 Å². The Labute approximate surface area is 120 Å². The van der Waals surface area contributed by atoms with Crippen LogP contribution in [0, 0.1) is 5.92 Å². The van der Waals surface area contributed by atoms with Crippen LogP contribution in [0.2, 0.25) is 0 Å². The molecule has 1 aromatic carbocycles. The van der Waals surface area contributed by atoms with Gasteiger partial charge in [-0.3, -0.25) is 0 Å². The molecule has 3 nitrogen and oxygen atoms in total. The Morgan fingerprint density at radius 1 is 1.26 bits per heavy atom. The van der Waals surface area contributed by atoms with Crippen LogP contribution in [0.4, 0.5) is 0 Å². The van der Waals surface area contributed by atoms with Crippen molar-refractivity contribution < 1.29 is 8.42 Å². The Kier molecular flexibility index (Phi) is 3.97. The number of hydrogen-bond donors (Lipinski definition) is 1. The smallest absolute Gasteiger partial charge is 0.154 e. The van der Waals surface area contributed by atoms with Gasteiger partial charge in [-0.2, -0.15) is 0 Å². The molecule has 0 radical (unpaired) electrons. The molecule has 0 aromatic heterocycles. The molecule has 0 bridgehead atoms. The third-order valence-corrected chi connectivity index (χ3v) is 6.37. The van der Waals surface area contributed by atoms with Crippen molar-refractivity contribution >= 4 is 27.0 Å². The predicted octanol–water partition coefficient (Wildman–Crippen LogP) is 2.05. The number of benzene rings is 1. The first-order valence-electron chi connectivity index (χ1n) is 6.52. The fraction of sp³-hybridized carbons (Fsp3) is 0.500. The molecular formula is C14H19NO2S2. The molecule has 0 unspecified atom stereocenters. The van der Waals surface area contributed by atoms with Gasteiger partial charge in [0.15, 0.2) is 9.84 Å². The van der Waals surface area contributed by atoms with Gasteiger partial charge >= 0.3 is 0 Å². The molecule has 1 aromatic rings. The van der Waals surface area contributed by atoms with E-state index in [1.165, 1.54) is 5.56 Å². The van der Waals surface area contributed by atoms with E-state index in [0.29, 0.717) is 4.99 Å². The van der Waals surface area contributed by atoms with E-state index in [1.807, 2.05) is 24.3 Å². The van der Waals surface area contributed by atoms with Crippen LogP contribution in [-0.4, -0.2) is 24.4 Å². The number of aryl methyl sites for hydroxylation is 1. The van der Waals surface area contributed by atoms with Crippen LogP contribution >= 0.6 is 12.2 Å². The molecule has 1 fully saturated rings. The molecule has 19 heavy (non-hydrogen) atoms. The highest BCUT2D eigenvalue weighted by atomic mass is 32.2. The van der Waals surface area contributed by atoms with Crippen molar-refractivity contribution in [3.8, 4) is 0 Å². The van der Waals surface area contributed by atoms with Crippen LogP contribution in [0.15, 0.2) is 24.3 Å². The third kappa shape index (κ3) is 2.67. The Bertz CT molecular complexity index is 578. The van der Waals surface area contributed by atoms with Gasteiger partial charge in [0, 0.05) is 17.6 Å². The van der Waals surface area contributed by atoms with E-state index in [0.717, 1.165) is 12.0 Å². The highest BCUT2D eigenvalue weighted by Gasteiger charge is 2.59. The first kappa shape index (κ1) is 14.5. The highest BCUT2D eigenvalue weighted by molar-refractivity contribution is 7.92. The minimum absolute atomic E-state index is 0.0617. The monoisotopic (exact) mass is 297 g/mol. The summed E-state index contributed by atoms with van der Waals surface area (Å²) in [4.78, 5) is 0.312. The lowest BCUT2D eigenvalue weighted by atomic mass is 10.1. The average Bonchev–Trinajstić information content (AvgIpc) is 3.15. The van der Waals surface area contributed by atoms with Gasteiger partial charge < -0.3 is 5.73 Å². The van der Waals surface area contributed by atoms with Gasteiger partial charge in [-0.05, 0) is 17.5 Å². The van der Waals surface area contributed by atoms with Gasteiger partial charge in [0.1, 0.15) is 0 Å². The van der Waals surface area contributed by atoms with E-state index < -0.39 is 15.1 Å². The topological polar surface area (TPSA) is 60.2 Å². The summed E-state index contributed by atoms with van der Waals surface area (Å²) in [5, 5.41) is -0.428. The minimum atomic E-state index is -3.10. The highest BCUT2D eigenvalue weighted by Crippen LogP contribution is 2.52. The molecule has 2 N–H and O–H groups in total. The van der Waals surface area contributed by atoms with Gasteiger partial charge in [0.05, 0.1) is 10.2 Å². The van der Waals surface area contributed by atoms with Crippen LogP contribution in [0.3, 0.4) is 0 Å². The fourth-order valence-electron chi connectivity index (χ4n) is 2.63. The molecule has 5 heteroatoms. The summed E-state index contributed by atoms with van der Waals surface area (Å²) in [5.41, 5.74) is 7.96. The molecule has 3 atom stereocenters. The SMILES string of the molecule is CCc1ccc([C@H]2[C@@H](C(N)=S)[C@@H]2S(=O)(=O)CC)cc1. The number of rotatable bonds is 5. The van der Waals surface area contributed by atoms with Gasteiger partial charge in [0.25, 0.3) is 0 Å². The predicted molar refractivity (Wildman–Crippen MR) is 82.1 cm³/mol. The van der Waals surface area contributed by atoms with Gasteiger partial charge in [0.2, 0.25) is 0 Å². The Morgan fingerprint density at radius 2 is 1.84 bits per heavy atom. The standard InChI is InChI=1S/C14H19NO2S2/c1-3-9-5-7-10(8-6-9)11-12(14(15)18)13(11)19(16,17)4-2/h5-8,11-13H,3-4H2,1-2H3,(H2,15,18)/t11-,12+,13+/m0/s1. The molecule has 1 aliphatic rings. The van der Waals surface area contributed by atoms with Gasteiger partial charge in [-0.1, -0.05) is 50.3 Å². The molecule has 104 valence electrons. The summed E-state index contributed by atoms with van der Waals surface area (Å²) in [6.45, 7) is 3.76. The molecule has 0 amide bonds. The lowest BCUT2D eigenvalue weighted by Crippen LogP contribution is -2.18. The maximum atomic E-state index is 12.1. The number of hydrogen-bond acceptors (Lipinski definition) is 3. The van der Waals surface area contributed by atoms with Crippen molar-refractivity contribution in [2.24, 2.45) is 11.7 Å². The Morgan fingerprint density at radius 3 is 2.26 bits per heavy atom. The maximum absolute atomic E-state index is 12.1. The number of thiocarbonyl (C=S) groups is 1. The van der Waals surface area contributed by atoms with E-state index >= 15 is 0 Å². The zero-order chi connectivity index (χ0) is 14.2. The van der Waals surface area contributed by atoms with Gasteiger partial charge in [-0.15, -0.1) is 0 Å². The van der Waals surface area contributed by atoms with Crippen LogP contribution < -0.4 is 5.73 Å². The number of sulfone groups is 1. The van der Waals surface area contributed by atoms with E-state index in [2.05, 4.69) is 6.92 Å². The average molecular weight is 297 g/mol. The molecule has 1 saturated carbocycles. The zero-order valence-electron chi connectivity index (χ0n) is 11.2. The first-order valence-corrected chi connectivity index (χ1v) is 8.64. The van der Waals surface area contributed by atoms with Crippen molar-refractivity contribution in [3.05, 3.63) is 35.4 Å². The first-order chi connectivity index (χ1) is 8.92. The van der Waals surface area contributed by atoms with Crippen LogP contribution in [-0.2, 0) is 16.3 Å². The lowest BCUT2D eigenvalue weighted by Gasteiger charge is -2.02. The summed E-state index contributed by atoms with van der Waals surface area (Å²) in [5.74, 6) is -0.124. The molecule has 0 saturated heterocycles. The molecule has 0 heterocycles. The minimum Gasteiger partial charge on any atom is -0.393 e. The molecule has 2 rings (SSSR count). The third-order valence-electron chi connectivity index (χ3n) is 3.87. The van der Waals surface area contributed by atoms with Crippen molar-refractivity contribution in [2.45, 2.75) is 31.4 Å². The second kappa shape index (κ2) is 5.21. The summed E-state index contributed by atoms with van der Waals surface area (Å²) < 4.78 is 24.1. The summed E-state index contributed by atoms with van der Waals surface area (Å²) >= 11 is 5.01. The summed E-state index contributed by atoms with van der Waals surface area (Å²) in [7, 11) is -3.10. The van der Waals surface area contributed by atoms with Crippen molar-refractivity contribution in [3.63, 3.8) is 0 Å². The maximum Gasteiger partial charge on any atom is 0.154 e. The van der Waals surface area contributed by atoms with Crippen LogP contribution in [0.25, 0.3) is 0 Å². The van der Waals surface area contributed by atoms with E-state index in [1.54, 1.807) is 6.92 Å². The molecule has 0 aliphatic heterocycles. The van der Waals surface area contributed by atoms with E-state index in [9.17, 15) is 8.42 Å². The lowest BCUT2D eigenvalue weighted by molar-refractivity contribution is 0.594. The molecular weight excluding hydrogens is 278 g/mol. The van der Waals surface area contributed by atoms with Crippen molar-refractivity contribution in [2.75, 3.05) is 5.75 Å². The van der Waals surface area contributed by atoms with Crippen molar-refractivity contribution in [1.82, 2.24) is 0 Å².